The Bertz CT molecular complexity index is 219. The van der Waals surface area contributed by atoms with Crippen molar-refractivity contribution < 1.29 is 14.3 Å². The average Bonchev–Trinajstić information content (AvgIpc) is 2.35. The lowest BCUT2D eigenvalue weighted by Gasteiger charge is -2.35. The third kappa shape index (κ3) is 4.03. The molecule has 1 fully saturated rings. The van der Waals surface area contributed by atoms with E-state index in [0.29, 0.717) is 17.9 Å². The Kier molecular flexibility index (Phi) is 6.31. The number of nitrogens with zero attached hydrogens (tertiary/aromatic N) is 1. The number of rotatable bonds is 5. The Balaban J connectivity index is 2.58. The topological polar surface area (TPSA) is 38.8 Å². The van der Waals surface area contributed by atoms with Gasteiger partial charge in [-0.15, -0.1) is 0 Å². The monoisotopic (exact) mass is 293 g/mol. The fraction of sp³-hybridized carbons (Fsp3) is 0.909. The van der Waals surface area contributed by atoms with Crippen LogP contribution >= 0.6 is 15.9 Å². The zero-order chi connectivity index (χ0) is 12.0. The molecule has 0 aromatic heterocycles. The van der Waals surface area contributed by atoms with Crippen LogP contribution in [0.3, 0.4) is 0 Å². The summed E-state index contributed by atoms with van der Waals surface area (Å²) in [7, 11) is 1.67. The summed E-state index contributed by atoms with van der Waals surface area (Å²) in [6.07, 6.45) is 1.93. The Hall–Kier alpha value is -0.130. The van der Waals surface area contributed by atoms with Gasteiger partial charge in [-0.2, -0.15) is 0 Å². The van der Waals surface area contributed by atoms with Gasteiger partial charge in [0.25, 0.3) is 0 Å². The predicted octanol–water partition coefficient (Wildman–Crippen LogP) is 1.42. The standard InChI is InChI=1S/C11H20BrNO3/c1-9(15-2)8-13(11(14)7-12)10-3-5-16-6-4-10/h9-10H,3-8H2,1-2H3. The molecule has 1 unspecified atom stereocenters. The molecule has 0 aliphatic carbocycles. The van der Waals surface area contributed by atoms with Crippen LogP contribution in [0.15, 0.2) is 0 Å². The highest BCUT2D eigenvalue weighted by atomic mass is 79.9. The Morgan fingerprint density at radius 3 is 2.69 bits per heavy atom. The number of carbonyl (C=O) groups excluding carboxylic acids is 1. The van der Waals surface area contributed by atoms with E-state index in [9.17, 15) is 4.79 Å². The highest BCUT2D eigenvalue weighted by Gasteiger charge is 2.26. The minimum Gasteiger partial charge on any atom is -0.381 e. The molecule has 0 N–H and O–H groups in total. The molecule has 4 nitrogen and oxygen atoms in total. The number of alkyl halides is 1. The van der Waals surface area contributed by atoms with Gasteiger partial charge in [-0.05, 0) is 19.8 Å². The van der Waals surface area contributed by atoms with E-state index < -0.39 is 0 Å². The van der Waals surface area contributed by atoms with Gasteiger partial charge in [0.05, 0.1) is 11.4 Å². The van der Waals surface area contributed by atoms with E-state index in [2.05, 4.69) is 15.9 Å². The van der Waals surface area contributed by atoms with Crippen molar-refractivity contribution in [2.24, 2.45) is 0 Å². The molecule has 1 amide bonds. The van der Waals surface area contributed by atoms with E-state index in [1.807, 2.05) is 11.8 Å². The van der Waals surface area contributed by atoms with Crippen LogP contribution in [0.25, 0.3) is 0 Å². The lowest BCUT2D eigenvalue weighted by molar-refractivity contribution is -0.134. The minimum atomic E-state index is 0.0749. The molecule has 94 valence electrons. The third-order valence-corrected chi connectivity index (χ3v) is 3.40. The molecule has 1 atom stereocenters. The summed E-state index contributed by atoms with van der Waals surface area (Å²) < 4.78 is 10.5. The quantitative estimate of drug-likeness (QED) is 0.720. The van der Waals surface area contributed by atoms with E-state index in [4.69, 9.17) is 9.47 Å². The fourth-order valence-electron chi connectivity index (χ4n) is 1.88. The van der Waals surface area contributed by atoms with Gasteiger partial charge in [0.15, 0.2) is 0 Å². The molecule has 5 heteroatoms. The lowest BCUT2D eigenvalue weighted by atomic mass is 10.1. The van der Waals surface area contributed by atoms with Crippen molar-refractivity contribution in [2.45, 2.75) is 31.9 Å². The molecule has 0 spiro atoms. The summed E-state index contributed by atoms with van der Waals surface area (Å²) in [5.41, 5.74) is 0. The number of halogens is 1. The molecular formula is C11H20BrNO3. The van der Waals surface area contributed by atoms with E-state index in [1.54, 1.807) is 7.11 Å². The SMILES string of the molecule is COC(C)CN(C(=O)CBr)C1CCOCC1. The number of carbonyl (C=O) groups is 1. The highest BCUT2D eigenvalue weighted by molar-refractivity contribution is 9.09. The van der Waals surface area contributed by atoms with Gasteiger partial charge in [0.1, 0.15) is 0 Å². The summed E-state index contributed by atoms with van der Waals surface area (Å²) in [5, 5.41) is 0.376. The van der Waals surface area contributed by atoms with Crippen LogP contribution in [0.5, 0.6) is 0 Å². The molecule has 1 heterocycles. The molecular weight excluding hydrogens is 274 g/mol. The van der Waals surface area contributed by atoms with Gasteiger partial charge >= 0.3 is 0 Å². The molecule has 1 saturated heterocycles. The molecule has 0 bridgehead atoms. The summed E-state index contributed by atoms with van der Waals surface area (Å²) in [6.45, 7) is 4.13. The van der Waals surface area contributed by atoms with Gasteiger partial charge in [0.2, 0.25) is 5.91 Å². The van der Waals surface area contributed by atoms with E-state index in [-0.39, 0.29) is 12.0 Å². The first-order valence-electron chi connectivity index (χ1n) is 5.65. The number of amides is 1. The molecule has 1 aliphatic heterocycles. The zero-order valence-electron chi connectivity index (χ0n) is 9.95. The van der Waals surface area contributed by atoms with Crippen molar-refractivity contribution in [2.75, 3.05) is 32.2 Å². The molecule has 16 heavy (non-hydrogen) atoms. The number of hydrogen-bond donors (Lipinski definition) is 0. The molecule has 0 saturated carbocycles. The Labute approximate surface area is 105 Å². The van der Waals surface area contributed by atoms with Crippen molar-refractivity contribution >= 4 is 21.8 Å². The first-order valence-corrected chi connectivity index (χ1v) is 6.77. The van der Waals surface area contributed by atoms with Crippen molar-refractivity contribution in [1.29, 1.82) is 0 Å². The van der Waals surface area contributed by atoms with Crippen LogP contribution in [-0.2, 0) is 14.3 Å². The van der Waals surface area contributed by atoms with Crippen molar-refractivity contribution in [3.8, 4) is 0 Å². The molecule has 0 radical (unpaired) electrons. The van der Waals surface area contributed by atoms with Crippen LogP contribution in [0.1, 0.15) is 19.8 Å². The number of ether oxygens (including phenoxy) is 2. The van der Waals surface area contributed by atoms with Gasteiger partial charge in [0, 0.05) is 32.9 Å². The molecule has 1 rings (SSSR count). The first kappa shape index (κ1) is 13.9. The van der Waals surface area contributed by atoms with Crippen LogP contribution < -0.4 is 0 Å². The minimum absolute atomic E-state index is 0.0749. The number of methoxy groups -OCH3 is 1. The second-order valence-electron chi connectivity index (χ2n) is 4.07. The van der Waals surface area contributed by atoms with Crippen molar-refractivity contribution in [3.05, 3.63) is 0 Å². The molecule has 0 aromatic rings. The molecule has 0 aromatic carbocycles. The third-order valence-electron chi connectivity index (χ3n) is 2.92. The Morgan fingerprint density at radius 1 is 1.56 bits per heavy atom. The summed E-state index contributed by atoms with van der Waals surface area (Å²) in [6, 6.07) is 0.302. The smallest absolute Gasteiger partial charge is 0.233 e. The van der Waals surface area contributed by atoms with Crippen LogP contribution in [-0.4, -0.2) is 55.2 Å². The van der Waals surface area contributed by atoms with Crippen LogP contribution in [0.4, 0.5) is 0 Å². The first-order chi connectivity index (χ1) is 7.69. The predicted molar refractivity (Wildman–Crippen MR) is 65.8 cm³/mol. The maximum Gasteiger partial charge on any atom is 0.233 e. The van der Waals surface area contributed by atoms with Gasteiger partial charge in [-0.1, -0.05) is 15.9 Å². The number of hydrogen-bond acceptors (Lipinski definition) is 3. The summed E-state index contributed by atoms with van der Waals surface area (Å²) in [5.74, 6) is 0.135. The second kappa shape index (κ2) is 7.25. The summed E-state index contributed by atoms with van der Waals surface area (Å²) >= 11 is 3.23. The van der Waals surface area contributed by atoms with Crippen LogP contribution in [0.2, 0.25) is 0 Å². The van der Waals surface area contributed by atoms with E-state index in [0.717, 1.165) is 26.1 Å². The second-order valence-corrected chi connectivity index (χ2v) is 4.63. The summed E-state index contributed by atoms with van der Waals surface area (Å²) in [4.78, 5) is 13.8. The average molecular weight is 294 g/mol. The van der Waals surface area contributed by atoms with Gasteiger partial charge in [-0.25, -0.2) is 0 Å². The normalized spacial score (nSPS) is 19.4. The zero-order valence-corrected chi connectivity index (χ0v) is 11.5. The lowest BCUT2D eigenvalue weighted by Crippen LogP contribution is -2.47. The van der Waals surface area contributed by atoms with E-state index >= 15 is 0 Å². The van der Waals surface area contributed by atoms with Crippen molar-refractivity contribution in [1.82, 2.24) is 4.90 Å². The highest BCUT2D eigenvalue weighted by Crippen LogP contribution is 2.16. The Morgan fingerprint density at radius 2 is 2.19 bits per heavy atom. The maximum absolute atomic E-state index is 11.8. The van der Waals surface area contributed by atoms with E-state index in [1.165, 1.54) is 0 Å². The molecule has 1 aliphatic rings. The van der Waals surface area contributed by atoms with Gasteiger partial charge < -0.3 is 14.4 Å². The van der Waals surface area contributed by atoms with Crippen molar-refractivity contribution in [3.63, 3.8) is 0 Å². The maximum atomic E-state index is 11.8. The van der Waals surface area contributed by atoms with Gasteiger partial charge in [-0.3, -0.25) is 4.79 Å². The van der Waals surface area contributed by atoms with Crippen LogP contribution in [0, 0.1) is 0 Å². The largest absolute Gasteiger partial charge is 0.381 e. The fourth-order valence-corrected chi connectivity index (χ4v) is 2.20.